The molecule has 2 aromatic carbocycles. The third-order valence-corrected chi connectivity index (χ3v) is 6.83. The number of carbonyl (C=O) groups excluding carboxylic acids is 1. The van der Waals surface area contributed by atoms with E-state index in [1.807, 2.05) is 54.3 Å². The Morgan fingerprint density at radius 2 is 1.81 bits per heavy atom. The number of aryl methyl sites for hydroxylation is 2. The summed E-state index contributed by atoms with van der Waals surface area (Å²) in [4.78, 5) is 30.6. The molecule has 4 rings (SSSR count). The zero-order valence-electron chi connectivity index (χ0n) is 22.0. The largest absolute Gasteiger partial charge is 0.493 e. The Hall–Kier alpha value is -3.61. The van der Waals surface area contributed by atoms with E-state index in [-0.39, 0.29) is 12.3 Å². The fourth-order valence-electron chi connectivity index (χ4n) is 4.76. The normalized spacial score (nSPS) is 12.7. The number of hydrogen-bond donors (Lipinski definition) is 1. The number of amides is 1. The van der Waals surface area contributed by atoms with Crippen LogP contribution in [0.3, 0.4) is 0 Å². The van der Waals surface area contributed by atoms with Gasteiger partial charge in [0, 0.05) is 43.5 Å². The first-order valence-corrected chi connectivity index (χ1v) is 13.1. The average molecular weight is 505 g/mol. The van der Waals surface area contributed by atoms with Gasteiger partial charge in [-0.1, -0.05) is 44.5 Å². The smallest absolute Gasteiger partial charge is 0.303 e. The number of carboxylic acid groups (broad SMARTS) is 1. The number of rotatable bonds is 12. The van der Waals surface area contributed by atoms with Crippen molar-refractivity contribution in [2.24, 2.45) is 5.92 Å². The van der Waals surface area contributed by atoms with Gasteiger partial charge in [0.05, 0.1) is 12.3 Å². The first-order chi connectivity index (χ1) is 17.8. The highest BCUT2D eigenvalue weighted by Gasteiger charge is 2.28. The van der Waals surface area contributed by atoms with Crippen LogP contribution >= 0.6 is 0 Å². The number of aromatic nitrogens is 1. The molecule has 0 aliphatic carbocycles. The maximum Gasteiger partial charge on any atom is 0.303 e. The van der Waals surface area contributed by atoms with Crippen LogP contribution in [0.4, 0.5) is 0 Å². The number of carbonyl (C=O) groups is 2. The van der Waals surface area contributed by atoms with E-state index in [4.69, 9.17) is 9.15 Å². The van der Waals surface area contributed by atoms with Gasteiger partial charge in [-0.3, -0.25) is 9.59 Å². The zero-order valence-corrected chi connectivity index (χ0v) is 22.0. The van der Waals surface area contributed by atoms with Crippen LogP contribution < -0.4 is 4.74 Å². The molecule has 0 spiro atoms. The zero-order chi connectivity index (χ0) is 26.4. The quantitative estimate of drug-likeness (QED) is 0.327. The van der Waals surface area contributed by atoms with E-state index in [9.17, 15) is 14.7 Å². The maximum absolute atomic E-state index is 12.9. The molecule has 7 heteroatoms. The molecule has 1 N–H and O–H groups in total. The van der Waals surface area contributed by atoms with Gasteiger partial charge in [0.15, 0.2) is 0 Å². The van der Waals surface area contributed by atoms with E-state index in [0.29, 0.717) is 50.8 Å². The maximum atomic E-state index is 12.9. The summed E-state index contributed by atoms with van der Waals surface area (Å²) < 4.78 is 12.1. The lowest BCUT2D eigenvalue weighted by molar-refractivity contribution is -0.137. The molecular weight excluding hydrogens is 468 g/mol. The number of hydrogen-bond acceptors (Lipinski definition) is 5. The summed E-state index contributed by atoms with van der Waals surface area (Å²) in [5.74, 6) is 2.00. The van der Waals surface area contributed by atoms with Gasteiger partial charge in [0.1, 0.15) is 11.5 Å². The molecule has 0 saturated carbocycles. The third kappa shape index (κ3) is 6.79. The number of benzene rings is 2. The lowest BCUT2D eigenvalue weighted by atomic mass is 9.99. The molecule has 1 amide bonds. The molecule has 0 atom stereocenters. The van der Waals surface area contributed by atoms with Crippen LogP contribution in [-0.4, -0.2) is 33.5 Å². The van der Waals surface area contributed by atoms with Gasteiger partial charge in [0.2, 0.25) is 11.8 Å². The topological polar surface area (TPSA) is 92.9 Å². The molecule has 7 nitrogen and oxygen atoms in total. The summed E-state index contributed by atoms with van der Waals surface area (Å²) >= 11 is 0. The molecule has 3 aromatic rings. The number of nitrogens with zero attached hydrogens (tertiary/aromatic N) is 2. The summed E-state index contributed by atoms with van der Waals surface area (Å²) in [5, 5.41) is 9.18. The van der Waals surface area contributed by atoms with Gasteiger partial charge in [-0.2, -0.15) is 0 Å². The summed E-state index contributed by atoms with van der Waals surface area (Å²) in [6.45, 7) is 7.66. The van der Waals surface area contributed by atoms with Crippen molar-refractivity contribution in [3.8, 4) is 17.2 Å². The second kappa shape index (κ2) is 12.1. The highest BCUT2D eigenvalue weighted by atomic mass is 16.5. The minimum Gasteiger partial charge on any atom is -0.493 e. The highest BCUT2D eigenvalue weighted by Crippen LogP contribution is 2.35. The molecule has 1 aliphatic rings. The van der Waals surface area contributed by atoms with Crippen LogP contribution in [0.1, 0.15) is 67.7 Å². The van der Waals surface area contributed by atoms with Crippen molar-refractivity contribution in [3.05, 3.63) is 70.6 Å². The Bertz CT molecular complexity index is 1230. The number of carboxylic acids is 1. The fourth-order valence-corrected chi connectivity index (χ4v) is 4.76. The molecule has 37 heavy (non-hydrogen) atoms. The lowest BCUT2D eigenvalue weighted by Gasteiger charge is -2.16. The second-order valence-electron chi connectivity index (χ2n) is 10.1. The van der Waals surface area contributed by atoms with Gasteiger partial charge in [-0.15, -0.1) is 0 Å². The molecule has 0 radical (unpaired) electrons. The van der Waals surface area contributed by atoms with Crippen molar-refractivity contribution in [1.29, 1.82) is 0 Å². The molecule has 196 valence electrons. The van der Waals surface area contributed by atoms with E-state index < -0.39 is 5.97 Å². The Balaban J connectivity index is 1.44. The summed E-state index contributed by atoms with van der Waals surface area (Å²) in [7, 11) is 0. The molecule has 1 aliphatic heterocycles. The minimum absolute atomic E-state index is 0.0597. The van der Waals surface area contributed by atoms with Crippen LogP contribution in [0.5, 0.6) is 5.75 Å². The van der Waals surface area contributed by atoms with Crippen molar-refractivity contribution in [2.75, 3.05) is 6.61 Å². The third-order valence-electron chi connectivity index (χ3n) is 6.83. The van der Waals surface area contributed by atoms with Gasteiger partial charge < -0.3 is 19.2 Å². The van der Waals surface area contributed by atoms with Crippen molar-refractivity contribution < 1.29 is 23.8 Å². The van der Waals surface area contributed by atoms with Gasteiger partial charge in [0.25, 0.3) is 0 Å². The van der Waals surface area contributed by atoms with Gasteiger partial charge in [-0.25, -0.2) is 4.98 Å². The Kier molecular flexibility index (Phi) is 8.64. The van der Waals surface area contributed by atoms with E-state index in [1.54, 1.807) is 0 Å². The first kappa shape index (κ1) is 26.5. The van der Waals surface area contributed by atoms with Crippen LogP contribution in [-0.2, 0) is 35.5 Å². The number of aliphatic carboxylic acids is 1. The van der Waals surface area contributed by atoms with E-state index in [0.717, 1.165) is 52.3 Å². The Morgan fingerprint density at radius 1 is 1.05 bits per heavy atom. The summed E-state index contributed by atoms with van der Waals surface area (Å²) in [6, 6.07) is 13.7. The predicted octanol–water partition coefficient (Wildman–Crippen LogP) is 5.96. The van der Waals surface area contributed by atoms with Crippen LogP contribution in [0.2, 0.25) is 0 Å². The molecule has 1 aromatic heterocycles. The highest BCUT2D eigenvalue weighted by molar-refractivity contribution is 5.77. The Morgan fingerprint density at radius 3 is 2.54 bits per heavy atom. The number of oxazole rings is 1. The van der Waals surface area contributed by atoms with E-state index >= 15 is 0 Å². The molecule has 2 heterocycles. The van der Waals surface area contributed by atoms with E-state index in [1.165, 1.54) is 0 Å². The van der Waals surface area contributed by atoms with Crippen molar-refractivity contribution in [2.45, 2.75) is 72.4 Å². The second-order valence-corrected chi connectivity index (χ2v) is 10.1. The minimum atomic E-state index is -0.827. The molecular formula is C30H36N2O5. The number of ether oxygens (including phenoxy) is 1. The first-order valence-electron chi connectivity index (χ1n) is 13.1. The predicted molar refractivity (Wildman–Crippen MR) is 141 cm³/mol. The van der Waals surface area contributed by atoms with Crippen molar-refractivity contribution in [1.82, 2.24) is 9.88 Å². The van der Waals surface area contributed by atoms with Crippen LogP contribution in [0.25, 0.3) is 11.5 Å². The van der Waals surface area contributed by atoms with Gasteiger partial charge >= 0.3 is 5.97 Å². The Labute approximate surface area is 218 Å². The van der Waals surface area contributed by atoms with Crippen molar-refractivity contribution >= 4 is 11.9 Å². The lowest BCUT2D eigenvalue weighted by Crippen LogP contribution is -2.25. The SMILES string of the molecule is Cc1oc(-c2ccccc2)nc1CCOc1ccc(CCC(=O)O)c2c1CN(C(=O)CCCC(C)C)C2. The summed E-state index contributed by atoms with van der Waals surface area (Å²) in [5.41, 5.74) is 4.78. The van der Waals surface area contributed by atoms with Crippen LogP contribution in [0, 0.1) is 12.8 Å². The van der Waals surface area contributed by atoms with Crippen molar-refractivity contribution in [3.63, 3.8) is 0 Å². The molecule has 0 fully saturated rings. The van der Waals surface area contributed by atoms with Gasteiger partial charge in [-0.05, 0) is 55.0 Å². The number of fused-ring (bicyclic) bond motifs is 1. The molecule has 0 unspecified atom stereocenters. The fraction of sp³-hybridized carbons (Fsp3) is 0.433. The average Bonchev–Trinajstić information content (AvgIpc) is 3.48. The summed E-state index contributed by atoms with van der Waals surface area (Å²) in [6.07, 6.45) is 3.52. The monoisotopic (exact) mass is 504 g/mol. The van der Waals surface area contributed by atoms with E-state index in [2.05, 4.69) is 18.8 Å². The van der Waals surface area contributed by atoms with Crippen LogP contribution in [0.15, 0.2) is 46.9 Å². The molecule has 0 saturated heterocycles. The molecule has 0 bridgehead atoms. The standard InChI is InChI=1S/C30H36N2O5/c1-20(2)8-7-11-28(33)32-18-24-22(13-15-29(34)35)12-14-27(25(24)19-32)36-17-16-26-21(3)37-30(31-26)23-9-5-4-6-10-23/h4-6,9-10,12,14,20H,7-8,11,13,15-19H2,1-3H3,(H,34,35).